The Bertz CT molecular complexity index is 632. The molecule has 2 rings (SSSR count). The molecule has 0 bridgehead atoms. The highest BCUT2D eigenvalue weighted by molar-refractivity contribution is 5.97. The van der Waals surface area contributed by atoms with Crippen molar-refractivity contribution in [2.45, 2.75) is 6.92 Å². The summed E-state index contributed by atoms with van der Waals surface area (Å²) in [6.07, 6.45) is 2.23. The summed E-state index contributed by atoms with van der Waals surface area (Å²) in [7, 11) is 1.31. The Kier molecular flexibility index (Phi) is 3.28. The number of hydrogen-bond acceptors (Lipinski definition) is 4. The molecule has 0 aliphatic rings. The lowest BCUT2D eigenvalue weighted by molar-refractivity contribution is 0.0600. The number of pyridine rings is 1. The Hall–Kier alpha value is -2.36. The van der Waals surface area contributed by atoms with Gasteiger partial charge in [-0.2, -0.15) is 0 Å². The Balaban J connectivity index is 2.76. The quantitative estimate of drug-likeness (QED) is 0.650. The van der Waals surface area contributed by atoms with E-state index in [1.54, 1.807) is 6.07 Å². The van der Waals surface area contributed by atoms with Crippen LogP contribution in [0.5, 0.6) is 0 Å². The van der Waals surface area contributed by atoms with Gasteiger partial charge in [-0.15, -0.1) is 0 Å². The molecule has 0 aliphatic heterocycles. The van der Waals surface area contributed by atoms with Gasteiger partial charge in [0, 0.05) is 5.39 Å². The molecule has 2 aromatic rings. The molecule has 0 unspecified atom stereocenters. The monoisotopic (exact) mass is 243 g/mol. The number of esters is 1. The summed E-state index contributed by atoms with van der Waals surface area (Å²) in [6, 6.07) is 7.45. The average Bonchev–Trinajstić information content (AvgIpc) is 2.38. The first kappa shape index (κ1) is 12.1. The van der Waals surface area contributed by atoms with E-state index in [1.807, 2.05) is 25.1 Å². The van der Waals surface area contributed by atoms with Gasteiger partial charge in [0.25, 0.3) is 0 Å². The topological polar surface area (TPSA) is 59.4 Å². The second-order valence-corrected chi connectivity index (χ2v) is 3.88. The second kappa shape index (κ2) is 4.87. The van der Waals surface area contributed by atoms with Crippen molar-refractivity contribution >= 4 is 22.9 Å². The van der Waals surface area contributed by atoms with E-state index in [9.17, 15) is 4.79 Å². The van der Waals surface area contributed by atoms with E-state index in [0.29, 0.717) is 11.3 Å². The maximum atomic E-state index is 11.7. The minimum atomic E-state index is -0.473. The maximum Gasteiger partial charge on any atom is 0.340 e. The van der Waals surface area contributed by atoms with Crippen LogP contribution in [-0.2, 0) is 4.74 Å². The first-order chi connectivity index (χ1) is 8.67. The number of rotatable bonds is 2. The highest BCUT2D eigenvalue weighted by Crippen LogP contribution is 2.21. The van der Waals surface area contributed by atoms with Crippen LogP contribution in [0.1, 0.15) is 21.6 Å². The largest absolute Gasteiger partial charge is 0.516 e. The molecule has 4 nitrogen and oxygen atoms in total. The number of ether oxygens (including phenoxy) is 1. The highest BCUT2D eigenvalue weighted by atomic mass is 16.5. The van der Waals surface area contributed by atoms with Crippen LogP contribution in [0.15, 0.2) is 30.5 Å². The van der Waals surface area contributed by atoms with Crippen LogP contribution in [0.25, 0.3) is 17.0 Å². The lowest BCUT2D eigenvalue weighted by atomic mass is 10.1. The second-order valence-electron chi connectivity index (χ2n) is 3.88. The summed E-state index contributed by atoms with van der Waals surface area (Å²) < 4.78 is 4.71. The number of nitrogens with zero attached hydrogens (tertiary/aromatic N) is 1. The van der Waals surface area contributed by atoms with Crippen molar-refractivity contribution in [2.24, 2.45) is 0 Å². The standard InChI is InChI=1S/C14H13NO3/c1-9-4-3-5-10-8-11(14(17)18-2)12(6-7-16)15-13(9)10/h3-8,16H,1-2H3/b7-6+. The molecule has 0 atom stereocenters. The molecule has 0 saturated carbocycles. The van der Waals surface area contributed by atoms with Gasteiger partial charge in [-0.25, -0.2) is 9.78 Å². The summed E-state index contributed by atoms with van der Waals surface area (Å²) >= 11 is 0. The van der Waals surface area contributed by atoms with Crippen LogP contribution in [-0.4, -0.2) is 23.2 Å². The lowest BCUT2D eigenvalue weighted by Crippen LogP contribution is -2.06. The molecule has 0 spiro atoms. The zero-order valence-corrected chi connectivity index (χ0v) is 10.2. The molecule has 1 heterocycles. The van der Waals surface area contributed by atoms with Crippen LogP contribution in [0.2, 0.25) is 0 Å². The third-order valence-corrected chi connectivity index (χ3v) is 2.71. The predicted molar refractivity (Wildman–Crippen MR) is 69.5 cm³/mol. The van der Waals surface area contributed by atoms with Gasteiger partial charge in [-0.1, -0.05) is 18.2 Å². The summed E-state index contributed by atoms with van der Waals surface area (Å²) in [5.74, 6) is -0.473. The van der Waals surface area contributed by atoms with E-state index < -0.39 is 5.97 Å². The smallest absolute Gasteiger partial charge is 0.340 e. The number of hydrogen-bond donors (Lipinski definition) is 1. The molecular weight excluding hydrogens is 230 g/mol. The molecule has 0 saturated heterocycles. The van der Waals surface area contributed by atoms with Gasteiger partial charge in [0.1, 0.15) is 0 Å². The third-order valence-electron chi connectivity index (χ3n) is 2.71. The van der Waals surface area contributed by atoms with Crippen molar-refractivity contribution < 1.29 is 14.6 Å². The van der Waals surface area contributed by atoms with Crippen LogP contribution in [0.4, 0.5) is 0 Å². The molecule has 0 radical (unpaired) electrons. The molecular formula is C14H13NO3. The highest BCUT2D eigenvalue weighted by Gasteiger charge is 2.13. The van der Waals surface area contributed by atoms with E-state index in [0.717, 1.165) is 22.7 Å². The van der Waals surface area contributed by atoms with Crippen molar-refractivity contribution in [1.82, 2.24) is 4.98 Å². The van der Waals surface area contributed by atoms with Gasteiger partial charge in [-0.3, -0.25) is 0 Å². The first-order valence-corrected chi connectivity index (χ1v) is 5.47. The number of fused-ring (bicyclic) bond motifs is 1. The van der Waals surface area contributed by atoms with Gasteiger partial charge in [0.2, 0.25) is 0 Å². The van der Waals surface area contributed by atoms with E-state index in [4.69, 9.17) is 9.84 Å². The van der Waals surface area contributed by atoms with Crippen LogP contribution in [0.3, 0.4) is 0 Å². The Morgan fingerprint density at radius 3 is 2.89 bits per heavy atom. The number of aromatic nitrogens is 1. The summed E-state index contributed by atoms with van der Waals surface area (Å²) in [6.45, 7) is 1.94. The Morgan fingerprint density at radius 2 is 2.22 bits per heavy atom. The first-order valence-electron chi connectivity index (χ1n) is 5.47. The van der Waals surface area contributed by atoms with E-state index in [-0.39, 0.29) is 0 Å². The van der Waals surface area contributed by atoms with E-state index >= 15 is 0 Å². The Morgan fingerprint density at radius 1 is 1.44 bits per heavy atom. The van der Waals surface area contributed by atoms with Crippen molar-refractivity contribution in [3.63, 3.8) is 0 Å². The lowest BCUT2D eigenvalue weighted by Gasteiger charge is -2.07. The Labute approximate surface area is 105 Å². The molecule has 0 aliphatic carbocycles. The van der Waals surface area contributed by atoms with Gasteiger partial charge in [0.15, 0.2) is 0 Å². The van der Waals surface area contributed by atoms with Gasteiger partial charge in [-0.05, 0) is 24.6 Å². The maximum absolute atomic E-state index is 11.7. The van der Waals surface area contributed by atoms with Gasteiger partial charge in [0.05, 0.1) is 30.1 Å². The number of aliphatic hydroxyl groups excluding tert-OH is 1. The van der Waals surface area contributed by atoms with Gasteiger partial charge < -0.3 is 9.84 Å². The fourth-order valence-corrected chi connectivity index (χ4v) is 1.83. The molecule has 1 aromatic heterocycles. The number of benzene rings is 1. The van der Waals surface area contributed by atoms with Crippen LogP contribution >= 0.6 is 0 Å². The van der Waals surface area contributed by atoms with Crippen molar-refractivity contribution in [3.8, 4) is 0 Å². The number of aliphatic hydroxyl groups is 1. The molecule has 92 valence electrons. The van der Waals surface area contributed by atoms with E-state index in [1.165, 1.54) is 13.2 Å². The average molecular weight is 243 g/mol. The van der Waals surface area contributed by atoms with E-state index in [2.05, 4.69) is 4.98 Å². The summed E-state index contributed by atoms with van der Waals surface area (Å²) in [5.41, 5.74) is 2.54. The molecule has 1 aromatic carbocycles. The molecule has 0 fully saturated rings. The normalized spacial score (nSPS) is 11.0. The van der Waals surface area contributed by atoms with Gasteiger partial charge >= 0.3 is 5.97 Å². The van der Waals surface area contributed by atoms with Crippen LogP contribution < -0.4 is 0 Å². The SMILES string of the molecule is COC(=O)c1cc2cccc(C)c2nc1/C=C/O. The predicted octanol–water partition coefficient (Wildman–Crippen LogP) is 2.86. The minimum absolute atomic E-state index is 0.334. The fourth-order valence-electron chi connectivity index (χ4n) is 1.83. The summed E-state index contributed by atoms with van der Waals surface area (Å²) in [4.78, 5) is 16.0. The minimum Gasteiger partial charge on any atom is -0.516 e. The molecule has 0 amide bonds. The summed E-state index contributed by atoms with van der Waals surface area (Å²) in [5, 5.41) is 9.73. The van der Waals surface area contributed by atoms with Crippen molar-refractivity contribution in [2.75, 3.05) is 7.11 Å². The van der Waals surface area contributed by atoms with Crippen molar-refractivity contribution in [1.29, 1.82) is 0 Å². The fraction of sp³-hybridized carbons (Fsp3) is 0.143. The number of aryl methyl sites for hydroxylation is 1. The zero-order valence-electron chi connectivity index (χ0n) is 10.2. The zero-order chi connectivity index (χ0) is 13.1. The number of methoxy groups -OCH3 is 1. The number of carbonyl (C=O) groups excluding carboxylic acids is 1. The number of carbonyl (C=O) groups is 1. The number of para-hydroxylation sites is 1. The van der Waals surface area contributed by atoms with Crippen molar-refractivity contribution in [3.05, 3.63) is 47.3 Å². The molecule has 1 N–H and O–H groups in total. The molecule has 18 heavy (non-hydrogen) atoms. The molecule has 4 heteroatoms. The third kappa shape index (κ3) is 2.05. The van der Waals surface area contributed by atoms with Crippen LogP contribution in [0, 0.1) is 6.92 Å².